The molecule has 22 heavy (non-hydrogen) atoms. The van der Waals surface area contributed by atoms with Crippen LogP contribution in [0.15, 0.2) is 18.6 Å². The van der Waals surface area contributed by atoms with E-state index in [1.807, 2.05) is 16.7 Å². The van der Waals surface area contributed by atoms with Crippen molar-refractivity contribution < 1.29 is 9.53 Å². The number of amides is 1. The zero-order valence-electron chi connectivity index (χ0n) is 12.8. The van der Waals surface area contributed by atoms with E-state index in [0.29, 0.717) is 16.9 Å². The van der Waals surface area contributed by atoms with E-state index in [1.54, 1.807) is 12.3 Å². The van der Waals surface area contributed by atoms with Crippen LogP contribution < -0.4 is 4.74 Å². The molecule has 1 aliphatic heterocycles. The van der Waals surface area contributed by atoms with E-state index in [1.165, 1.54) is 32.0 Å². The summed E-state index contributed by atoms with van der Waals surface area (Å²) in [5.74, 6) is 1.55. The van der Waals surface area contributed by atoms with E-state index >= 15 is 0 Å². The smallest absolute Gasteiger partial charge is 0.232 e. The van der Waals surface area contributed by atoms with E-state index in [-0.39, 0.29) is 12.0 Å². The van der Waals surface area contributed by atoms with E-state index in [0.717, 1.165) is 25.9 Å². The van der Waals surface area contributed by atoms with Gasteiger partial charge in [-0.2, -0.15) is 0 Å². The molecule has 1 amide bonds. The predicted octanol–water partition coefficient (Wildman–Crippen LogP) is 2.52. The minimum atomic E-state index is 0.154. The van der Waals surface area contributed by atoms with Gasteiger partial charge in [-0.3, -0.25) is 4.79 Å². The Morgan fingerprint density at radius 3 is 2.73 bits per heavy atom. The fraction of sp³-hybridized carbons (Fsp3) is 0.688. The second-order valence-corrected chi connectivity index (χ2v) is 7.25. The lowest BCUT2D eigenvalue weighted by Crippen LogP contribution is -2.42. The Kier molecular flexibility index (Phi) is 5.53. The minimum absolute atomic E-state index is 0.154. The van der Waals surface area contributed by atoms with Crippen molar-refractivity contribution in [3.05, 3.63) is 18.6 Å². The molecule has 2 heterocycles. The summed E-state index contributed by atoms with van der Waals surface area (Å²) in [4.78, 5) is 22.2. The van der Waals surface area contributed by atoms with Gasteiger partial charge in [-0.25, -0.2) is 9.97 Å². The number of hydrogen-bond donors (Lipinski definition) is 0. The molecule has 0 radical (unpaired) electrons. The topological polar surface area (TPSA) is 55.3 Å². The predicted molar refractivity (Wildman–Crippen MR) is 87.0 cm³/mol. The van der Waals surface area contributed by atoms with Crippen LogP contribution in [-0.2, 0) is 4.79 Å². The van der Waals surface area contributed by atoms with Crippen molar-refractivity contribution in [1.82, 2.24) is 14.9 Å². The zero-order valence-corrected chi connectivity index (χ0v) is 13.6. The molecule has 3 rings (SSSR count). The van der Waals surface area contributed by atoms with E-state index in [4.69, 9.17) is 4.74 Å². The molecule has 0 aromatic carbocycles. The molecule has 1 aromatic heterocycles. The first-order valence-electron chi connectivity index (χ1n) is 8.13. The van der Waals surface area contributed by atoms with Crippen molar-refractivity contribution in [2.45, 2.75) is 49.9 Å². The van der Waals surface area contributed by atoms with Crippen LogP contribution in [0.25, 0.3) is 0 Å². The number of ether oxygens (including phenoxy) is 1. The molecular weight excluding hydrogens is 298 g/mol. The van der Waals surface area contributed by atoms with Crippen LogP contribution in [0.2, 0.25) is 0 Å². The van der Waals surface area contributed by atoms with E-state index in [9.17, 15) is 4.79 Å². The van der Waals surface area contributed by atoms with Gasteiger partial charge >= 0.3 is 0 Å². The fourth-order valence-electron chi connectivity index (χ4n) is 3.08. The third-order valence-corrected chi connectivity index (χ3v) is 5.74. The van der Waals surface area contributed by atoms with Gasteiger partial charge in [-0.05, 0) is 12.8 Å². The van der Waals surface area contributed by atoms with Gasteiger partial charge in [0.2, 0.25) is 11.8 Å². The molecular formula is C16H23N3O2S. The molecule has 2 fully saturated rings. The molecule has 1 aromatic rings. The van der Waals surface area contributed by atoms with Crippen molar-refractivity contribution in [3.8, 4) is 5.88 Å². The van der Waals surface area contributed by atoms with Crippen molar-refractivity contribution in [2.75, 3.05) is 18.8 Å². The van der Waals surface area contributed by atoms with Gasteiger partial charge in [0.05, 0.1) is 5.75 Å². The molecule has 1 saturated heterocycles. The molecule has 120 valence electrons. The van der Waals surface area contributed by atoms with Crippen LogP contribution in [0, 0.1) is 0 Å². The van der Waals surface area contributed by atoms with Crippen molar-refractivity contribution in [3.63, 3.8) is 0 Å². The molecule has 0 bridgehead atoms. The van der Waals surface area contributed by atoms with Crippen LogP contribution in [0.1, 0.15) is 38.5 Å². The van der Waals surface area contributed by atoms with E-state index < -0.39 is 0 Å². The van der Waals surface area contributed by atoms with Gasteiger partial charge in [0.25, 0.3) is 0 Å². The summed E-state index contributed by atoms with van der Waals surface area (Å²) in [5, 5.41) is 0.711. The average molecular weight is 321 g/mol. The SMILES string of the molecule is O=C(CSC1CCCC1)N1CCC(Oc2ccncn2)CC1. The number of carbonyl (C=O) groups excluding carboxylic acids is 1. The zero-order chi connectivity index (χ0) is 15.2. The van der Waals surface area contributed by atoms with E-state index in [2.05, 4.69) is 9.97 Å². The Balaban J connectivity index is 1.38. The summed E-state index contributed by atoms with van der Waals surface area (Å²) < 4.78 is 5.83. The maximum absolute atomic E-state index is 12.3. The van der Waals surface area contributed by atoms with Crippen molar-refractivity contribution in [2.24, 2.45) is 0 Å². The molecule has 0 N–H and O–H groups in total. The second-order valence-electron chi connectivity index (χ2n) is 5.96. The Morgan fingerprint density at radius 2 is 2.05 bits per heavy atom. The highest BCUT2D eigenvalue weighted by Crippen LogP contribution is 2.29. The molecule has 0 spiro atoms. The second kappa shape index (κ2) is 7.81. The molecule has 6 heteroatoms. The Hall–Kier alpha value is -1.30. The highest BCUT2D eigenvalue weighted by Gasteiger charge is 2.25. The quantitative estimate of drug-likeness (QED) is 0.834. The molecule has 5 nitrogen and oxygen atoms in total. The molecule has 0 unspecified atom stereocenters. The number of nitrogens with zero attached hydrogens (tertiary/aromatic N) is 3. The number of rotatable bonds is 5. The highest BCUT2D eigenvalue weighted by atomic mass is 32.2. The summed E-state index contributed by atoms with van der Waals surface area (Å²) in [6.45, 7) is 1.58. The molecule has 0 atom stereocenters. The number of aromatic nitrogens is 2. The summed E-state index contributed by atoms with van der Waals surface area (Å²) in [7, 11) is 0. The standard InChI is InChI=1S/C16H23N3O2S/c20-16(11-22-14-3-1-2-4-14)19-9-6-13(7-10-19)21-15-5-8-17-12-18-15/h5,8,12-14H,1-4,6-7,9-11H2. The summed E-state index contributed by atoms with van der Waals surface area (Å²) >= 11 is 1.85. The van der Waals surface area contributed by atoms with Crippen molar-refractivity contribution in [1.29, 1.82) is 0 Å². The maximum atomic E-state index is 12.3. The Labute approximate surface area is 135 Å². The molecule has 2 aliphatic rings. The molecule has 1 saturated carbocycles. The Morgan fingerprint density at radius 1 is 1.27 bits per heavy atom. The first-order chi connectivity index (χ1) is 10.8. The highest BCUT2D eigenvalue weighted by molar-refractivity contribution is 8.00. The average Bonchev–Trinajstić information content (AvgIpc) is 3.08. The summed E-state index contributed by atoms with van der Waals surface area (Å²) in [5.41, 5.74) is 0. The van der Waals surface area contributed by atoms with Crippen LogP contribution in [-0.4, -0.2) is 51.0 Å². The largest absolute Gasteiger partial charge is 0.474 e. The lowest BCUT2D eigenvalue weighted by molar-refractivity contribution is -0.130. The number of piperidine rings is 1. The summed E-state index contributed by atoms with van der Waals surface area (Å²) in [6.07, 6.45) is 10.3. The third-order valence-electron chi connectivity index (χ3n) is 4.38. The van der Waals surface area contributed by atoms with Gasteiger partial charge in [0, 0.05) is 43.4 Å². The normalized spacial score (nSPS) is 20.3. The maximum Gasteiger partial charge on any atom is 0.232 e. The Bertz CT molecular complexity index is 472. The first kappa shape index (κ1) is 15.6. The third kappa shape index (κ3) is 4.35. The molecule has 1 aliphatic carbocycles. The van der Waals surface area contributed by atoms with Crippen LogP contribution >= 0.6 is 11.8 Å². The van der Waals surface area contributed by atoms with Crippen LogP contribution in [0.5, 0.6) is 5.88 Å². The lowest BCUT2D eigenvalue weighted by Gasteiger charge is -2.32. The summed E-state index contributed by atoms with van der Waals surface area (Å²) in [6, 6.07) is 1.77. The minimum Gasteiger partial charge on any atom is -0.474 e. The fourth-order valence-corrected chi connectivity index (χ4v) is 4.31. The van der Waals surface area contributed by atoms with Gasteiger partial charge in [-0.1, -0.05) is 12.8 Å². The number of thioether (sulfide) groups is 1. The monoisotopic (exact) mass is 321 g/mol. The van der Waals surface area contributed by atoms with Gasteiger partial charge in [0.15, 0.2) is 0 Å². The van der Waals surface area contributed by atoms with Crippen molar-refractivity contribution >= 4 is 17.7 Å². The van der Waals surface area contributed by atoms with Gasteiger partial charge < -0.3 is 9.64 Å². The van der Waals surface area contributed by atoms with Gasteiger partial charge in [0.1, 0.15) is 12.4 Å². The number of hydrogen-bond acceptors (Lipinski definition) is 5. The number of carbonyl (C=O) groups is 1. The van der Waals surface area contributed by atoms with Crippen LogP contribution in [0.4, 0.5) is 0 Å². The lowest BCUT2D eigenvalue weighted by atomic mass is 10.1. The first-order valence-corrected chi connectivity index (χ1v) is 9.18. The van der Waals surface area contributed by atoms with Crippen LogP contribution in [0.3, 0.4) is 0 Å². The van der Waals surface area contributed by atoms with Gasteiger partial charge in [-0.15, -0.1) is 11.8 Å². The number of likely N-dealkylation sites (tertiary alicyclic amines) is 1.